The van der Waals surface area contributed by atoms with E-state index < -0.39 is 30.1 Å². The van der Waals surface area contributed by atoms with Crippen LogP contribution in [0.3, 0.4) is 0 Å². The van der Waals surface area contributed by atoms with E-state index in [9.17, 15) is 19.6 Å². The Balaban J connectivity index is 1.66. The minimum Gasteiger partial charge on any atom is -0.467 e. The van der Waals surface area contributed by atoms with Gasteiger partial charge in [-0.15, -0.1) is 0 Å². The molecule has 1 aliphatic heterocycles. The van der Waals surface area contributed by atoms with Gasteiger partial charge in [0.2, 0.25) is 5.91 Å². The molecular weight excluding hydrogens is 410 g/mol. The molecule has 2 aromatic carbocycles. The number of hydrogen-bond donors (Lipinski definition) is 1. The number of hydrogen-bond acceptors (Lipinski definition) is 6. The zero-order chi connectivity index (χ0) is 22.9. The summed E-state index contributed by atoms with van der Waals surface area (Å²) in [6.07, 6.45) is 0.650. The van der Waals surface area contributed by atoms with Crippen LogP contribution in [0.1, 0.15) is 29.5 Å². The molecule has 1 N–H and O–H groups in total. The van der Waals surface area contributed by atoms with Gasteiger partial charge in [0, 0.05) is 13.0 Å². The lowest BCUT2D eigenvalue weighted by atomic mass is 10.0. The number of nitrogens with zero attached hydrogens (tertiary/aromatic N) is 2. The van der Waals surface area contributed by atoms with E-state index in [4.69, 9.17) is 9.47 Å². The molecule has 1 heterocycles. The zero-order valence-electron chi connectivity index (χ0n) is 17.8. The molecule has 0 spiro atoms. The van der Waals surface area contributed by atoms with E-state index in [1.807, 2.05) is 30.3 Å². The van der Waals surface area contributed by atoms with E-state index in [1.165, 1.54) is 12.0 Å². The van der Waals surface area contributed by atoms with Crippen molar-refractivity contribution < 1.29 is 23.9 Å². The maximum atomic E-state index is 13.0. The van der Waals surface area contributed by atoms with Crippen molar-refractivity contribution in [2.75, 3.05) is 13.7 Å². The number of carbonyl (C=O) groups is 3. The fraction of sp³-hybridized carbons (Fsp3) is 0.333. The lowest BCUT2D eigenvalue weighted by Gasteiger charge is -2.25. The number of nitrogens with one attached hydrogen (secondary N) is 1. The number of likely N-dealkylation sites (tertiary alicyclic amines) is 1. The van der Waals surface area contributed by atoms with Crippen LogP contribution in [0, 0.1) is 11.3 Å². The van der Waals surface area contributed by atoms with Gasteiger partial charge in [0.15, 0.2) is 0 Å². The number of ether oxygens (including phenoxy) is 2. The first-order chi connectivity index (χ1) is 15.5. The van der Waals surface area contributed by atoms with Crippen molar-refractivity contribution in [3.05, 3.63) is 71.3 Å². The van der Waals surface area contributed by atoms with Crippen LogP contribution >= 0.6 is 0 Å². The highest BCUT2D eigenvalue weighted by molar-refractivity contribution is 5.90. The third-order valence-electron chi connectivity index (χ3n) is 5.36. The van der Waals surface area contributed by atoms with Gasteiger partial charge in [-0.05, 0) is 30.0 Å². The predicted octanol–water partition coefficient (Wildman–Crippen LogP) is 2.56. The van der Waals surface area contributed by atoms with E-state index in [2.05, 4.69) is 11.4 Å². The average molecular weight is 435 g/mol. The summed E-state index contributed by atoms with van der Waals surface area (Å²) < 4.78 is 10.2. The molecule has 3 rings (SSSR count). The van der Waals surface area contributed by atoms with Crippen LogP contribution in [0.2, 0.25) is 0 Å². The molecule has 8 nitrogen and oxygen atoms in total. The van der Waals surface area contributed by atoms with Crippen LogP contribution in [0.4, 0.5) is 4.79 Å². The molecule has 0 aromatic heterocycles. The van der Waals surface area contributed by atoms with Crippen LogP contribution in [0.5, 0.6) is 0 Å². The Morgan fingerprint density at radius 1 is 1.16 bits per heavy atom. The Kier molecular flexibility index (Phi) is 7.81. The van der Waals surface area contributed by atoms with Gasteiger partial charge >= 0.3 is 12.1 Å². The van der Waals surface area contributed by atoms with Crippen molar-refractivity contribution in [2.24, 2.45) is 0 Å². The highest BCUT2D eigenvalue weighted by atomic mass is 16.6. The van der Waals surface area contributed by atoms with Crippen LogP contribution in [0.25, 0.3) is 0 Å². The van der Waals surface area contributed by atoms with E-state index in [0.29, 0.717) is 30.5 Å². The summed E-state index contributed by atoms with van der Waals surface area (Å²) in [5.74, 6) is -1.08. The van der Waals surface area contributed by atoms with Gasteiger partial charge in [0.1, 0.15) is 18.7 Å². The minimum absolute atomic E-state index is 0.104. The monoisotopic (exact) mass is 435 g/mol. The number of carbonyl (C=O) groups excluding carboxylic acids is 3. The smallest absolute Gasteiger partial charge is 0.410 e. The van der Waals surface area contributed by atoms with E-state index in [-0.39, 0.29) is 13.0 Å². The molecule has 1 fully saturated rings. The third-order valence-corrected chi connectivity index (χ3v) is 5.36. The topological polar surface area (TPSA) is 109 Å². The first-order valence-corrected chi connectivity index (χ1v) is 10.4. The molecule has 166 valence electrons. The van der Waals surface area contributed by atoms with E-state index in [1.54, 1.807) is 24.3 Å². The zero-order valence-corrected chi connectivity index (χ0v) is 17.8. The van der Waals surface area contributed by atoms with Crippen molar-refractivity contribution in [1.82, 2.24) is 10.2 Å². The Morgan fingerprint density at radius 3 is 2.59 bits per heavy atom. The molecule has 2 atom stereocenters. The quantitative estimate of drug-likeness (QED) is 0.670. The Morgan fingerprint density at radius 2 is 1.88 bits per heavy atom. The van der Waals surface area contributed by atoms with Crippen molar-refractivity contribution in [2.45, 2.75) is 38.0 Å². The standard InChI is InChI=1S/C24H25N3O5/c1-31-23(29)20(14-18-10-5-6-11-19(18)15-25)26-22(28)21-12-7-13-27(21)24(30)32-16-17-8-3-2-4-9-17/h2-6,8-11,20-21H,7,12-14,16H2,1H3,(H,26,28)/t20-,21+/m0/s1. The van der Waals surface area contributed by atoms with Gasteiger partial charge in [-0.3, -0.25) is 9.69 Å². The molecule has 0 bridgehead atoms. The summed E-state index contributed by atoms with van der Waals surface area (Å²) in [6.45, 7) is 0.506. The SMILES string of the molecule is COC(=O)[C@H](Cc1ccccc1C#N)NC(=O)[C@H]1CCCN1C(=O)OCc1ccccc1. The third kappa shape index (κ3) is 5.64. The van der Waals surface area contributed by atoms with Gasteiger partial charge in [-0.25, -0.2) is 9.59 Å². The molecule has 8 heteroatoms. The van der Waals surface area contributed by atoms with Crippen LogP contribution in [-0.2, 0) is 32.1 Å². The van der Waals surface area contributed by atoms with Crippen molar-refractivity contribution >= 4 is 18.0 Å². The molecule has 0 unspecified atom stereocenters. The molecule has 0 saturated carbocycles. The number of esters is 1. The summed E-state index contributed by atoms with van der Waals surface area (Å²) in [5, 5.41) is 12.0. The Bertz CT molecular complexity index is 1000. The number of nitriles is 1. The number of methoxy groups -OCH3 is 1. The summed E-state index contributed by atoms with van der Waals surface area (Å²) in [5.41, 5.74) is 1.89. The lowest BCUT2D eigenvalue weighted by molar-refractivity contribution is -0.145. The largest absolute Gasteiger partial charge is 0.467 e. The molecule has 0 aliphatic carbocycles. The van der Waals surface area contributed by atoms with Crippen molar-refractivity contribution in [1.29, 1.82) is 5.26 Å². The van der Waals surface area contributed by atoms with Gasteiger partial charge in [0.25, 0.3) is 0 Å². The molecule has 1 saturated heterocycles. The maximum absolute atomic E-state index is 13.0. The Hall–Kier alpha value is -3.86. The van der Waals surface area contributed by atoms with Gasteiger partial charge in [0.05, 0.1) is 18.7 Å². The molecule has 1 aliphatic rings. The maximum Gasteiger partial charge on any atom is 0.410 e. The first kappa shape index (κ1) is 22.8. The first-order valence-electron chi connectivity index (χ1n) is 10.4. The summed E-state index contributed by atoms with van der Waals surface area (Å²) in [4.78, 5) is 39.3. The molecule has 0 radical (unpaired) electrons. The van der Waals surface area contributed by atoms with Crippen molar-refractivity contribution in [3.63, 3.8) is 0 Å². The normalized spacial score (nSPS) is 16.0. The second-order valence-corrected chi connectivity index (χ2v) is 7.45. The summed E-state index contributed by atoms with van der Waals surface area (Å²) >= 11 is 0. The second-order valence-electron chi connectivity index (χ2n) is 7.45. The van der Waals surface area contributed by atoms with Gasteiger partial charge in [-0.1, -0.05) is 48.5 Å². The van der Waals surface area contributed by atoms with Crippen LogP contribution in [-0.4, -0.2) is 48.6 Å². The molecular formula is C24H25N3O5. The molecule has 2 aromatic rings. The molecule has 32 heavy (non-hydrogen) atoms. The molecule has 2 amide bonds. The van der Waals surface area contributed by atoms with Crippen LogP contribution in [0.15, 0.2) is 54.6 Å². The van der Waals surface area contributed by atoms with E-state index >= 15 is 0 Å². The lowest BCUT2D eigenvalue weighted by Crippen LogP contribution is -2.51. The fourth-order valence-corrected chi connectivity index (χ4v) is 3.69. The predicted molar refractivity (Wildman–Crippen MR) is 115 cm³/mol. The van der Waals surface area contributed by atoms with E-state index in [0.717, 1.165) is 5.56 Å². The Labute approximate surface area is 186 Å². The highest BCUT2D eigenvalue weighted by Crippen LogP contribution is 2.20. The summed E-state index contributed by atoms with van der Waals surface area (Å²) in [7, 11) is 1.24. The fourth-order valence-electron chi connectivity index (χ4n) is 3.69. The van der Waals surface area contributed by atoms with Gasteiger partial charge in [-0.2, -0.15) is 5.26 Å². The number of rotatable bonds is 7. The summed E-state index contributed by atoms with van der Waals surface area (Å²) in [6, 6.07) is 16.5. The average Bonchev–Trinajstić information content (AvgIpc) is 3.33. The van der Waals surface area contributed by atoms with Crippen LogP contribution < -0.4 is 5.32 Å². The minimum atomic E-state index is -0.982. The second kappa shape index (κ2) is 11.0. The number of amides is 2. The highest BCUT2D eigenvalue weighted by Gasteiger charge is 2.37. The van der Waals surface area contributed by atoms with Gasteiger partial charge < -0.3 is 14.8 Å². The number of benzene rings is 2. The van der Waals surface area contributed by atoms with Crippen molar-refractivity contribution in [3.8, 4) is 6.07 Å².